The number of carbonyl (C=O) groups excluding carboxylic acids is 1. The van der Waals surface area contributed by atoms with Crippen LogP contribution in [0.1, 0.15) is 12.5 Å². The quantitative estimate of drug-likeness (QED) is 0.702. The summed E-state index contributed by atoms with van der Waals surface area (Å²) in [7, 11) is 0. The van der Waals surface area contributed by atoms with E-state index in [9.17, 15) is 19.5 Å². The molecule has 0 saturated heterocycles. The third-order valence-electron chi connectivity index (χ3n) is 3.31. The van der Waals surface area contributed by atoms with E-state index in [1.165, 1.54) is 11.1 Å². The van der Waals surface area contributed by atoms with Crippen LogP contribution in [0.25, 0.3) is 6.08 Å². The van der Waals surface area contributed by atoms with Crippen LogP contribution < -0.4 is 16.3 Å². The number of hydrogen-bond donors (Lipinski definition) is 3. The van der Waals surface area contributed by atoms with Gasteiger partial charge in [-0.2, -0.15) is 10.1 Å². The number of benzene rings is 1. The second-order valence-corrected chi connectivity index (χ2v) is 4.87. The van der Waals surface area contributed by atoms with E-state index in [-0.39, 0.29) is 11.1 Å². The molecule has 0 spiro atoms. The van der Waals surface area contributed by atoms with Gasteiger partial charge in [-0.1, -0.05) is 18.2 Å². The Kier molecular flexibility index (Phi) is 3.41. The fourth-order valence-corrected chi connectivity index (χ4v) is 2.19. The summed E-state index contributed by atoms with van der Waals surface area (Å²) in [4.78, 5) is 39.4. The van der Waals surface area contributed by atoms with Crippen LogP contribution in [-0.4, -0.2) is 26.7 Å². The van der Waals surface area contributed by atoms with Gasteiger partial charge in [-0.15, -0.1) is 0 Å². The maximum Gasteiger partial charge on any atom is 0.328 e. The van der Waals surface area contributed by atoms with Crippen LogP contribution in [0.3, 0.4) is 0 Å². The van der Waals surface area contributed by atoms with Crippen molar-refractivity contribution in [3.8, 4) is 5.88 Å². The van der Waals surface area contributed by atoms with Crippen LogP contribution in [0.4, 0.5) is 5.69 Å². The number of aromatic nitrogens is 2. The lowest BCUT2D eigenvalue weighted by Crippen LogP contribution is -2.25. The molecule has 1 aliphatic rings. The summed E-state index contributed by atoms with van der Waals surface area (Å²) in [6.07, 6.45) is 1.20. The molecule has 2 aromatic rings. The van der Waals surface area contributed by atoms with E-state index in [0.717, 1.165) is 0 Å². The van der Waals surface area contributed by atoms with Gasteiger partial charge in [0.15, 0.2) is 0 Å². The maximum atomic E-state index is 12.5. The van der Waals surface area contributed by atoms with E-state index in [1.54, 1.807) is 31.2 Å². The Morgan fingerprint density at radius 1 is 1.13 bits per heavy atom. The van der Waals surface area contributed by atoms with Gasteiger partial charge in [0.2, 0.25) is 5.88 Å². The second kappa shape index (κ2) is 5.41. The number of hydrogen-bond acceptors (Lipinski definition) is 5. The zero-order valence-corrected chi connectivity index (χ0v) is 12.0. The van der Waals surface area contributed by atoms with Crippen molar-refractivity contribution in [3.63, 3.8) is 0 Å². The third kappa shape index (κ3) is 2.57. The Labute approximate surface area is 129 Å². The highest BCUT2D eigenvalue weighted by atomic mass is 16.3. The number of H-pyrrole nitrogens is 2. The number of nitrogens with zero attached hydrogens (tertiary/aromatic N) is 2. The van der Waals surface area contributed by atoms with Crippen molar-refractivity contribution < 1.29 is 9.90 Å². The minimum absolute atomic E-state index is 0.154. The molecule has 2 heterocycles. The SMILES string of the molecule is CC1=NN(c2ccccc2)C(=O)/C1=C\c1c(O)[nH]c(=O)[nH]c1=O. The summed E-state index contributed by atoms with van der Waals surface area (Å²) < 4.78 is 0. The summed E-state index contributed by atoms with van der Waals surface area (Å²) in [6, 6.07) is 8.81. The Morgan fingerprint density at radius 2 is 1.83 bits per heavy atom. The van der Waals surface area contributed by atoms with E-state index >= 15 is 0 Å². The summed E-state index contributed by atoms with van der Waals surface area (Å²) in [6.45, 7) is 1.61. The fraction of sp³-hybridized carbons (Fsp3) is 0.0667. The minimum Gasteiger partial charge on any atom is -0.494 e. The summed E-state index contributed by atoms with van der Waals surface area (Å²) >= 11 is 0. The smallest absolute Gasteiger partial charge is 0.328 e. The van der Waals surface area contributed by atoms with Crippen molar-refractivity contribution in [1.29, 1.82) is 0 Å². The number of para-hydroxylation sites is 1. The first-order chi connectivity index (χ1) is 11.0. The highest BCUT2D eigenvalue weighted by Gasteiger charge is 2.29. The Bertz CT molecular complexity index is 953. The number of amides is 1. The lowest BCUT2D eigenvalue weighted by molar-refractivity contribution is -0.114. The average molecular weight is 312 g/mol. The van der Waals surface area contributed by atoms with Gasteiger partial charge >= 0.3 is 5.69 Å². The molecule has 3 rings (SSSR count). The monoisotopic (exact) mass is 312 g/mol. The molecule has 23 heavy (non-hydrogen) atoms. The van der Waals surface area contributed by atoms with Gasteiger partial charge < -0.3 is 5.11 Å². The standard InChI is InChI=1S/C15H12N4O4/c1-8-10(7-11-12(20)16-15(23)17-13(11)21)14(22)19(18-8)9-5-3-2-4-6-9/h2-7H,1H3,(H3,16,17,20,21,23)/b10-7-. The van der Waals surface area contributed by atoms with E-state index in [2.05, 4.69) is 10.1 Å². The van der Waals surface area contributed by atoms with Gasteiger partial charge in [0.25, 0.3) is 11.5 Å². The number of rotatable bonds is 2. The van der Waals surface area contributed by atoms with Crippen LogP contribution in [0.2, 0.25) is 0 Å². The zero-order chi connectivity index (χ0) is 16.6. The van der Waals surface area contributed by atoms with E-state index in [1.807, 2.05) is 11.1 Å². The summed E-state index contributed by atoms with van der Waals surface area (Å²) in [5.74, 6) is -1.04. The molecule has 3 N–H and O–H groups in total. The molecule has 0 aliphatic carbocycles. The van der Waals surface area contributed by atoms with Gasteiger partial charge in [0.1, 0.15) is 5.56 Å². The van der Waals surface area contributed by atoms with Gasteiger partial charge in [-0.05, 0) is 25.1 Å². The molecule has 0 saturated carbocycles. The molecule has 0 unspecified atom stereocenters. The van der Waals surface area contributed by atoms with Crippen molar-refractivity contribution in [2.24, 2.45) is 5.10 Å². The molecule has 1 aromatic heterocycles. The number of hydrazone groups is 1. The minimum atomic E-state index is -0.830. The van der Waals surface area contributed by atoms with Crippen molar-refractivity contribution in [2.45, 2.75) is 6.92 Å². The molecule has 116 valence electrons. The molecule has 0 radical (unpaired) electrons. The predicted molar refractivity (Wildman–Crippen MR) is 84.4 cm³/mol. The molecule has 0 atom stereocenters. The Hall–Kier alpha value is -3.42. The lowest BCUT2D eigenvalue weighted by Gasteiger charge is -2.10. The first-order valence-electron chi connectivity index (χ1n) is 6.69. The van der Waals surface area contributed by atoms with Crippen LogP contribution >= 0.6 is 0 Å². The Balaban J connectivity index is 2.06. The van der Waals surface area contributed by atoms with Crippen molar-refractivity contribution in [3.05, 3.63) is 62.3 Å². The van der Waals surface area contributed by atoms with Crippen molar-refractivity contribution in [1.82, 2.24) is 9.97 Å². The zero-order valence-electron chi connectivity index (χ0n) is 12.0. The number of anilines is 1. The number of carbonyl (C=O) groups is 1. The first-order valence-corrected chi connectivity index (χ1v) is 6.69. The van der Waals surface area contributed by atoms with Gasteiger partial charge in [0.05, 0.1) is 17.0 Å². The van der Waals surface area contributed by atoms with Crippen molar-refractivity contribution >= 4 is 23.4 Å². The average Bonchev–Trinajstić information content (AvgIpc) is 2.79. The van der Waals surface area contributed by atoms with Crippen LogP contribution in [-0.2, 0) is 4.79 Å². The van der Waals surface area contributed by atoms with Gasteiger partial charge in [-0.25, -0.2) is 4.79 Å². The molecular weight excluding hydrogens is 300 g/mol. The molecule has 0 bridgehead atoms. The van der Waals surface area contributed by atoms with E-state index < -0.39 is 23.0 Å². The lowest BCUT2D eigenvalue weighted by atomic mass is 10.1. The fourth-order valence-electron chi connectivity index (χ4n) is 2.19. The first kappa shape index (κ1) is 14.5. The maximum absolute atomic E-state index is 12.5. The van der Waals surface area contributed by atoms with Gasteiger partial charge in [-0.3, -0.25) is 19.6 Å². The highest BCUT2D eigenvalue weighted by molar-refractivity contribution is 6.32. The summed E-state index contributed by atoms with van der Waals surface area (Å²) in [5, 5.41) is 15.1. The summed E-state index contributed by atoms with van der Waals surface area (Å²) in [5.41, 5.74) is -0.705. The number of nitrogens with one attached hydrogen (secondary N) is 2. The Morgan fingerprint density at radius 3 is 2.48 bits per heavy atom. The molecule has 1 amide bonds. The second-order valence-electron chi connectivity index (χ2n) is 4.87. The molecule has 8 nitrogen and oxygen atoms in total. The largest absolute Gasteiger partial charge is 0.494 e. The van der Waals surface area contributed by atoms with Crippen LogP contribution in [0.5, 0.6) is 5.88 Å². The van der Waals surface area contributed by atoms with E-state index in [4.69, 9.17) is 0 Å². The molecule has 1 aromatic carbocycles. The van der Waals surface area contributed by atoms with Crippen LogP contribution in [0.15, 0.2) is 50.6 Å². The van der Waals surface area contributed by atoms with Crippen molar-refractivity contribution in [2.75, 3.05) is 5.01 Å². The molecule has 0 fully saturated rings. The number of aromatic hydroxyl groups is 1. The number of aromatic amines is 2. The van der Waals surface area contributed by atoms with Crippen LogP contribution in [0, 0.1) is 0 Å². The molecule has 8 heteroatoms. The third-order valence-corrected chi connectivity index (χ3v) is 3.31. The normalized spacial score (nSPS) is 16.0. The highest BCUT2D eigenvalue weighted by Crippen LogP contribution is 2.24. The molecule has 1 aliphatic heterocycles. The topological polar surface area (TPSA) is 119 Å². The predicted octanol–water partition coefficient (Wildman–Crippen LogP) is 0.575. The van der Waals surface area contributed by atoms with Gasteiger partial charge in [0, 0.05) is 0 Å². The van der Waals surface area contributed by atoms with E-state index in [0.29, 0.717) is 11.4 Å². The molecular formula is C15H12N4O4.